The van der Waals surface area contributed by atoms with E-state index >= 15 is 0 Å². The molecule has 7 heteroatoms. The zero-order valence-corrected chi connectivity index (χ0v) is 14.2. The van der Waals surface area contributed by atoms with Gasteiger partial charge in [0.25, 0.3) is 0 Å². The van der Waals surface area contributed by atoms with Gasteiger partial charge in [-0.25, -0.2) is 13.2 Å². The number of rotatable bonds is 5. The number of carboxylic acid groups (broad SMARTS) is 1. The zero-order valence-electron chi connectivity index (χ0n) is 11.8. The molecule has 0 unspecified atom stereocenters. The molecule has 5 nitrogen and oxygen atoms in total. The van der Waals surface area contributed by atoms with E-state index in [0.717, 1.165) is 25.7 Å². The molecule has 0 spiro atoms. The Morgan fingerprint density at radius 3 is 2.48 bits per heavy atom. The maximum atomic E-state index is 12.8. The summed E-state index contributed by atoms with van der Waals surface area (Å²) in [6, 6.07) is 4.06. The van der Waals surface area contributed by atoms with Crippen molar-refractivity contribution in [1.82, 2.24) is 4.31 Å². The SMILES string of the molecule is CCN(C1CCCC1)S(=O)(=O)c1ccc(C(=O)O)cc1Br. The minimum Gasteiger partial charge on any atom is -0.478 e. The highest BCUT2D eigenvalue weighted by Crippen LogP contribution is 2.31. The highest BCUT2D eigenvalue weighted by atomic mass is 79.9. The second-order valence-electron chi connectivity index (χ2n) is 5.10. The van der Waals surface area contributed by atoms with Crippen molar-refractivity contribution in [2.45, 2.75) is 43.5 Å². The van der Waals surface area contributed by atoms with Crippen LogP contribution in [-0.2, 0) is 10.0 Å². The predicted molar refractivity (Wildman–Crippen MR) is 82.9 cm³/mol. The van der Waals surface area contributed by atoms with Gasteiger partial charge in [-0.05, 0) is 47.0 Å². The molecule has 21 heavy (non-hydrogen) atoms. The van der Waals surface area contributed by atoms with Crippen LogP contribution in [0.5, 0.6) is 0 Å². The van der Waals surface area contributed by atoms with Gasteiger partial charge >= 0.3 is 5.97 Å². The number of hydrogen-bond acceptors (Lipinski definition) is 3. The van der Waals surface area contributed by atoms with E-state index in [1.165, 1.54) is 22.5 Å². The minimum atomic E-state index is -3.61. The van der Waals surface area contributed by atoms with E-state index in [9.17, 15) is 13.2 Å². The summed E-state index contributed by atoms with van der Waals surface area (Å²) in [5.74, 6) is -1.08. The van der Waals surface area contributed by atoms with Gasteiger partial charge in [0.2, 0.25) is 10.0 Å². The van der Waals surface area contributed by atoms with Gasteiger partial charge in [0.05, 0.1) is 10.5 Å². The lowest BCUT2D eigenvalue weighted by Crippen LogP contribution is -2.38. The Morgan fingerprint density at radius 2 is 2.00 bits per heavy atom. The molecule has 0 radical (unpaired) electrons. The standard InChI is InChI=1S/C14H18BrNO4S/c1-2-16(11-5-3-4-6-11)21(19,20)13-8-7-10(14(17)18)9-12(13)15/h7-9,11H,2-6H2,1H3,(H,17,18). The summed E-state index contributed by atoms with van der Waals surface area (Å²) in [5, 5.41) is 8.95. The number of benzene rings is 1. The highest BCUT2D eigenvalue weighted by Gasteiger charge is 2.33. The number of aromatic carboxylic acids is 1. The largest absolute Gasteiger partial charge is 0.478 e. The number of hydrogen-bond donors (Lipinski definition) is 1. The third-order valence-corrected chi connectivity index (χ3v) is 6.81. The number of halogens is 1. The molecule has 1 saturated carbocycles. The average molecular weight is 376 g/mol. The van der Waals surface area contributed by atoms with E-state index in [1.807, 2.05) is 6.92 Å². The van der Waals surface area contributed by atoms with Crippen LogP contribution in [0.2, 0.25) is 0 Å². The molecule has 0 amide bonds. The molecule has 116 valence electrons. The van der Waals surface area contributed by atoms with Crippen LogP contribution in [0.4, 0.5) is 0 Å². The average Bonchev–Trinajstić information content (AvgIpc) is 2.92. The molecule has 1 N–H and O–H groups in total. The van der Waals surface area contributed by atoms with Crippen LogP contribution in [-0.4, -0.2) is 36.4 Å². The minimum absolute atomic E-state index is 0.0473. The maximum Gasteiger partial charge on any atom is 0.335 e. The summed E-state index contributed by atoms with van der Waals surface area (Å²) in [4.78, 5) is 11.1. The Balaban J connectivity index is 2.40. The van der Waals surface area contributed by atoms with Crippen LogP contribution in [0, 0.1) is 0 Å². The fourth-order valence-corrected chi connectivity index (χ4v) is 5.52. The van der Waals surface area contributed by atoms with Crippen LogP contribution < -0.4 is 0 Å². The number of nitrogens with zero attached hydrogens (tertiary/aromatic N) is 1. The van der Waals surface area contributed by atoms with Crippen LogP contribution in [0.25, 0.3) is 0 Å². The molecule has 1 aromatic carbocycles. The van der Waals surface area contributed by atoms with Crippen molar-refractivity contribution in [3.8, 4) is 0 Å². The Hall–Kier alpha value is -0.920. The van der Waals surface area contributed by atoms with Gasteiger partial charge in [-0.1, -0.05) is 19.8 Å². The van der Waals surface area contributed by atoms with Gasteiger partial charge < -0.3 is 5.11 Å². The van der Waals surface area contributed by atoms with Crippen LogP contribution in [0.1, 0.15) is 43.0 Å². The zero-order chi connectivity index (χ0) is 15.6. The number of carboxylic acids is 1. The molecule has 1 aliphatic rings. The molecule has 0 heterocycles. The molecule has 0 atom stereocenters. The molecule has 0 aliphatic heterocycles. The van der Waals surface area contributed by atoms with Gasteiger partial charge in [-0.15, -0.1) is 0 Å². The maximum absolute atomic E-state index is 12.8. The van der Waals surface area contributed by atoms with Crippen molar-refractivity contribution in [2.75, 3.05) is 6.54 Å². The lowest BCUT2D eigenvalue weighted by Gasteiger charge is -2.27. The Labute approximate surface area is 133 Å². The van der Waals surface area contributed by atoms with Gasteiger partial charge in [0.1, 0.15) is 0 Å². The molecular weight excluding hydrogens is 358 g/mol. The monoisotopic (exact) mass is 375 g/mol. The number of sulfonamides is 1. The number of carbonyl (C=O) groups is 1. The quantitative estimate of drug-likeness (QED) is 0.857. The van der Waals surface area contributed by atoms with Gasteiger partial charge in [0.15, 0.2) is 0 Å². The predicted octanol–water partition coefficient (Wildman–Crippen LogP) is 3.10. The molecule has 0 saturated heterocycles. The summed E-state index contributed by atoms with van der Waals surface area (Å²) in [5.41, 5.74) is 0.0599. The molecule has 2 rings (SSSR count). The van der Waals surface area contributed by atoms with E-state index in [1.54, 1.807) is 0 Å². The Bertz CT molecular complexity index is 638. The van der Waals surface area contributed by atoms with Crippen molar-refractivity contribution in [1.29, 1.82) is 0 Å². The van der Waals surface area contributed by atoms with E-state index in [-0.39, 0.29) is 16.5 Å². The smallest absolute Gasteiger partial charge is 0.335 e. The third kappa shape index (κ3) is 3.30. The molecular formula is C14H18BrNO4S. The first-order valence-corrected chi connectivity index (χ1v) is 9.16. The van der Waals surface area contributed by atoms with Crippen LogP contribution >= 0.6 is 15.9 Å². The molecule has 1 aromatic rings. The lowest BCUT2D eigenvalue weighted by molar-refractivity contribution is 0.0696. The molecule has 0 aromatic heterocycles. The van der Waals surface area contributed by atoms with Crippen LogP contribution in [0.15, 0.2) is 27.6 Å². The first-order valence-electron chi connectivity index (χ1n) is 6.92. The van der Waals surface area contributed by atoms with Crippen LogP contribution in [0.3, 0.4) is 0 Å². The lowest BCUT2D eigenvalue weighted by atomic mass is 10.2. The van der Waals surface area contributed by atoms with Crippen molar-refractivity contribution < 1.29 is 18.3 Å². The summed E-state index contributed by atoms with van der Waals surface area (Å²) >= 11 is 3.19. The highest BCUT2D eigenvalue weighted by molar-refractivity contribution is 9.10. The topological polar surface area (TPSA) is 74.7 Å². The summed E-state index contributed by atoms with van der Waals surface area (Å²) in [6.07, 6.45) is 3.88. The first kappa shape index (κ1) is 16.5. The van der Waals surface area contributed by atoms with E-state index in [0.29, 0.717) is 11.0 Å². The summed E-state index contributed by atoms with van der Waals surface area (Å²) in [7, 11) is -3.61. The van der Waals surface area contributed by atoms with E-state index in [4.69, 9.17) is 5.11 Å². The summed E-state index contributed by atoms with van der Waals surface area (Å²) < 4.78 is 27.4. The Morgan fingerprint density at radius 1 is 1.38 bits per heavy atom. The fraction of sp³-hybridized carbons (Fsp3) is 0.500. The van der Waals surface area contributed by atoms with Crippen molar-refractivity contribution in [3.05, 3.63) is 28.2 Å². The van der Waals surface area contributed by atoms with Gasteiger partial charge in [-0.3, -0.25) is 0 Å². The van der Waals surface area contributed by atoms with Crippen molar-refractivity contribution >= 4 is 31.9 Å². The first-order chi connectivity index (χ1) is 9.87. The van der Waals surface area contributed by atoms with Crippen molar-refractivity contribution in [2.24, 2.45) is 0 Å². The summed E-state index contributed by atoms with van der Waals surface area (Å²) in [6.45, 7) is 2.25. The van der Waals surface area contributed by atoms with Crippen molar-refractivity contribution in [3.63, 3.8) is 0 Å². The van der Waals surface area contributed by atoms with Gasteiger partial charge in [0, 0.05) is 17.1 Å². The normalized spacial score (nSPS) is 16.5. The van der Waals surface area contributed by atoms with E-state index in [2.05, 4.69) is 15.9 Å². The third-order valence-electron chi connectivity index (χ3n) is 3.81. The molecule has 1 aliphatic carbocycles. The second-order valence-corrected chi connectivity index (χ2v) is 7.81. The second kappa shape index (κ2) is 6.46. The molecule has 1 fully saturated rings. The van der Waals surface area contributed by atoms with Gasteiger partial charge in [-0.2, -0.15) is 4.31 Å². The Kier molecular flexibility index (Phi) is 5.06. The molecule has 0 bridgehead atoms. The fourth-order valence-electron chi connectivity index (χ4n) is 2.79. The van der Waals surface area contributed by atoms with E-state index < -0.39 is 16.0 Å².